The third-order valence-corrected chi connectivity index (χ3v) is 4.77. The van der Waals surface area contributed by atoms with Crippen LogP contribution in [0.25, 0.3) is 11.4 Å². The van der Waals surface area contributed by atoms with Gasteiger partial charge in [0.05, 0.1) is 20.0 Å². The quantitative estimate of drug-likeness (QED) is 0.770. The van der Waals surface area contributed by atoms with Crippen LogP contribution in [0.4, 0.5) is 0 Å². The van der Waals surface area contributed by atoms with Crippen LogP contribution in [0, 0.1) is 0 Å². The van der Waals surface area contributed by atoms with Gasteiger partial charge in [0, 0.05) is 18.7 Å². The lowest BCUT2D eigenvalue weighted by Gasteiger charge is -2.09. The fourth-order valence-corrected chi connectivity index (χ4v) is 3.02. The molecule has 0 unspecified atom stereocenters. The molecule has 0 spiro atoms. The molecule has 24 heavy (non-hydrogen) atoms. The Labute approximate surface area is 144 Å². The number of nitrogens with zero attached hydrogens (tertiary/aromatic N) is 3. The minimum Gasteiger partial charge on any atom is -0.493 e. The van der Waals surface area contributed by atoms with Crippen molar-refractivity contribution in [3.05, 3.63) is 18.2 Å². The number of rotatable bonds is 7. The lowest BCUT2D eigenvalue weighted by atomic mass is 10.2. The van der Waals surface area contributed by atoms with E-state index in [9.17, 15) is 4.79 Å². The highest BCUT2D eigenvalue weighted by Gasteiger charge is 2.23. The lowest BCUT2D eigenvalue weighted by molar-refractivity contribution is -0.118. The van der Waals surface area contributed by atoms with Gasteiger partial charge in [0.2, 0.25) is 5.91 Å². The zero-order chi connectivity index (χ0) is 17.1. The van der Waals surface area contributed by atoms with Crippen molar-refractivity contribution in [1.82, 2.24) is 20.1 Å². The van der Waals surface area contributed by atoms with Crippen LogP contribution in [0.15, 0.2) is 23.4 Å². The fourth-order valence-electron chi connectivity index (χ4n) is 2.29. The predicted molar refractivity (Wildman–Crippen MR) is 91.4 cm³/mol. The second-order valence-electron chi connectivity index (χ2n) is 5.57. The van der Waals surface area contributed by atoms with E-state index in [0.717, 1.165) is 18.4 Å². The number of benzene rings is 1. The van der Waals surface area contributed by atoms with Gasteiger partial charge in [-0.1, -0.05) is 11.8 Å². The van der Waals surface area contributed by atoms with Crippen LogP contribution in [-0.2, 0) is 11.8 Å². The van der Waals surface area contributed by atoms with E-state index in [1.807, 2.05) is 29.8 Å². The van der Waals surface area contributed by atoms with E-state index in [1.165, 1.54) is 11.8 Å². The SMILES string of the molecule is COc1ccc(-c2nnc(SCC(=O)NC3CC3)n2C)cc1OC. The maximum atomic E-state index is 11.8. The van der Waals surface area contributed by atoms with Crippen molar-refractivity contribution in [2.75, 3.05) is 20.0 Å². The molecule has 3 rings (SSSR count). The molecule has 8 heteroatoms. The van der Waals surface area contributed by atoms with Crippen molar-refractivity contribution >= 4 is 17.7 Å². The summed E-state index contributed by atoms with van der Waals surface area (Å²) >= 11 is 1.38. The Morgan fingerprint density at radius 1 is 1.29 bits per heavy atom. The summed E-state index contributed by atoms with van der Waals surface area (Å²) in [6, 6.07) is 5.97. The van der Waals surface area contributed by atoms with Gasteiger partial charge in [-0.15, -0.1) is 10.2 Å². The van der Waals surface area contributed by atoms with Gasteiger partial charge in [-0.2, -0.15) is 0 Å². The number of hydrogen-bond acceptors (Lipinski definition) is 6. The van der Waals surface area contributed by atoms with Crippen molar-refractivity contribution in [3.8, 4) is 22.9 Å². The molecule has 2 aromatic rings. The first-order chi connectivity index (χ1) is 11.6. The number of amides is 1. The molecule has 7 nitrogen and oxygen atoms in total. The Morgan fingerprint density at radius 3 is 2.71 bits per heavy atom. The maximum Gasteiger partial charge on any atom is 0.230 e. The summed E-state index contributed by atoms with van der Waals surface area (Å²) in [6.07, 6.45) is 2.17. The molecule has 1 aromatic carbocycles. The molecule has 1 heterocycles. The summed E-state index contributed by atoms with van der Waals surface area (Å²) in [7, 11) is 5.08. The Balaban J connectivity index is 1.73. The molecule has 1 N–H and O–H groups in total. The van der Waals surface area contributed by atoms with Crippen molar-refractivity contribution in [1.29, 1.82) is 0 Å². The molecule has 1 fully saturated rings. The second kappa shape index (κ2) is 7.12. The largest absolute Gasteiger partial charge is 0.493 e. The Morgan fingerprint density at radius 2 is 2.04 bits per heavy atom. The second-order valence-corrected chi connectivity index (χ2v) is 6.51. The summed E-state index contributed by atoms with van der Waals surface area (Å²) < 4.78 is 12.4. The number of carbonyl (C=O) groups excluding carboxylic acids is 1. The standard InChI is InChI=1S/C16H20N4O3S/c1-20-15(10-4-7-12(22-2)13(8-10)23-3)18-19-16(20)24-9-14(21)17-11-5-6-11/h4,7-8,11H,5-6,9H2,1-3H3,(H,17,21). The van der Waals surface area contributed by atoms with Gasteiger partial charge in [0.25, 0.3) is 0 Å². The molecule has 0 atom stereocenters. The highest BCUT2D eigenvalue weighted by Crippen LogP contribution is 2.32. The lowest BCUT2D eigenvalue weighted by Crippen LogP contribution is -2.27. The third kappa shape index (κ3) is 3.64. The number of nitrogens with one attached hydrogen (secondary N) is 1. The van der Waals surface area contributed by atoms with Gasteiger partial charge in [-0.3, -0.25) is 4.79 Å². The molecule has 1 aromatic heterocycles. The molecular formula is C16H20N4O3S. The number of hydrogen-bond donors (Lipinski definition) is 1. The summed E-state index contributed by atoms with van der Waals surface area (Å²) in [6.45, 7) is 0. The van der Waals surface area contributed by atoms with Crippen LogP contribution in [-0.4, -0.2) is 46.7 Å². The van der Waals surface area contributed by atoms with Crippen molar-refractivity contribution in [3.63, 3.8) is 0 Å². The van der Waals surface area contributed by atoms with E-state index in [4.69, 9.17) is 9.47 Å². The average Bonchev–Trinajstić information content (AvgIpc) is 3.33. The van der Waals surface area contributed by atoms with Gasteiger partial charge >= 0.3 is 0 Å². The molecule has 1 aliphatic rings. The molecular weight excluding hydrogens is 328 g/mol. The Bertz CT molecular complexity index is 743. The first-order valence-corrected chi connectivity index (χ1v) is 8.65. The number of carbonyl (C=O) groups is 1. The van der Waals surface area contributed by atoms with Crippen LogP contribution in [0.2, 0.25) is 0 Å². The normalized spacial score (nSPS) is 13.6. The summed E-state index contributed by atoms with van der Waals surface area (Å²) in [5.74, 6) is 2.39. The van der Waals surface area contributed by atoms with Crippen molar-refractivity contribution in [2.45, 2.75) is 24.0 Å². The minimum absolute atomic E-state index is 0.0400. The molecule has 1 aliphatic carbocycles. The summed E-state index contributed by atoms with van der Waals surface area (Å²) in [5.41, 5.74) is 0.872. The topological polar surface area (TPSA) is 78.3 Å². The minimum atomic E-state index is 0.0400. The van der Waals surface area contributed by atoms with Crippen LogP contribution in [0.5, 0.6) is 11.5 Å². The molecule has 0 bridgehead atoms. The van der Waals surface area contributed by atoms with E-state index in [2.05, 4.69) is 15.5 Å². The van der Waals surface area contributed by atoms with Gasteiger partial charge in [0.15, 0.2) is 22.5 Å². The highest BCUT2D eigenvalue weighted by atomic mass is 32.2. The van der Waals surface area contributed by atoms with E-state index in [0.29, 0.717) is 34.3 Å². The van der Waals surface area contributed by atoms with Crippen LogP contribution < -0.4 is 14.8 Å². The molecule has 128 valence electrons. The van der Waals surface area contributed by atoms with E-state index >= 15 is 0 Å². The molecule has 0 saturated heterocycles. The summed E-state index contributed by atoms with van der Waals surface area (Å²) in [4.78, 5) is 11.8. The zero-order valence-corrected chi connectivity index (χ0v) is 14.7. The number of ether oxygens (including phenoxy) is 2. The molecule has 1 amide bonds. The first-order valence-electron chi connectivity index (χ1n) is 7.66. The molecule has 0 radical (unpaired) electrons. The first kappa shape index (κ1) is 16.6. The van der Waals surface area contributed by atoms with Gasteiger partial charge in [0.1, 0.15) is 0 Å². The average molecular weight is 348 g/mol. The van der Waals surface area contributed by atoms with Crippen molar-refractivity contribution in [2.24, 2.45) is 7.05 Å². The zero-order valence-electron chi connectivity index (χ0n) is 13.9. The fraction of sp³-hybridized carbons (Fsp3) is 0.438. The van der Waals surface area contributed by atoms with Crippen LogP contribution in [0.3, 0.4) is 0 Å². The van der Waals surface area contributed by atoms with Gasteiger partial charge < -0.3 is 19.4 Å². The number of aromatic nitrogens is 3. The van der Waals surface area contributed by atoms with E-state index in [-0.39, 0.29) is 5.91 Å². The monoisotopic (exact) mass is 348 g/mol. The molecule has 1 saturated carbocycles. The maximum absolute atomic E-state index is 11.8. The number of methoxy groups -OCH3 is 2. The Hall–Kier alpha value is -2.22. The van der Waals surface area contributed by atoms with E-state index < -0.39 is 0 Å². The predicted octanol–water partition coefficient (Wildman–Crippen LogP) is 1.87. The summed E-state index contributed by atoms with van der Waals surface area (Å²) in [5, 5.41) is 12.1. The molecule has 0 aliphatic heterocycles. The Kier molecular flexibility index (Phi) is 4.94. The number of thioether (sulfide) groups is 1. The van der Waals surface area contributed by atoms with Gasteiger partial charge in [-0.05, 0) is 31.0 Å². The van der Waals surface area contributed by atoms with E-state index in [1.54, 1.807) is 14.2 Å². The highest BCUT2D eigenvalue weighted by molar-refractivity contribution is 7.99. The van der Waals surface area contributed by atoms with Crippen LogP contribution >= 0.6 is 11.8 Å². The van der Waals surface area contributed by atoms with Crippen molar-refractivity contribution < 1.29 is 14.3 Å². The van der Waals surface area contributed by atoms with Gasteiger partial charge in [-0.25, -0.2) is 0 Å². The smallest absolute Gasteiger partial charge is 0.230 e. The third-order valence-electron chi connectivity index (χ3n) is 3.75. The van der Waals surface area contributed by atoms with Crippen LogP contribution in [0.1, 0.15) is 12.8 Å².